The predicted molar refractivity (Wildman–Crippen MR) is 118 cm³/mol. The fraction of sp³-hybridized carbons (Fsp3) is 0.750. The van der Waals surface area contributed by atoms with Crippen molar-refractivity contribution in [2.24, 2.45) is 5.73 Å². The van der Waals surface area contributed by atoms with Crippen LogP contribution in [-0.4, -0.2) is 34.6 Å². The minimum atomic E-state index is -4.52. The van der Waals surface area contributed by atoms with Crippen molar-refractivity contribution in [1.82, 2.24) is 0 Å². The van der Waals surface area contributed by atoms with Crippen LogP contribution in [0.5, 0.6) is 5.75 Å². The Balaban J connectivity index is 2.93. The van der Waals surface area contributed by atoms with Gasteiger partial charge in [0.05, 0.1) is 17.8 Å². The number of aryl methyl sites for hydroxylation is 1. The minimum absolute atomic E-state index is 0.153. The van der Waals surface area contributed by atoms with Crippen molar-refractivity contribution in [2.75, 3.05) is 13.2 Å². The van der Waals surface area contributed by atoms with Gasteiger partial charge in [-0.2, -0.15) is 13.2 Å². The summed E-state index contributed by atoms with van der Waals surface area (Å²) in [4.78, 5) is 0. The average Bonchev–Trinajstić information content (AvgIpc) is 2.74. The van der Waals surface area contributed by atoms with Crippen molar-refractivity contribution in [3.63, 3.8) is 0 Å². The van der Waals surface area contributed by atoms with E-state index < -0.39 is 22.9 Å². The Hall–Kier alpha value is -1.31. The summed E-state index contributed by atoms with van der Waals surface area (Å²) in [7, 11) is 0. The third kappa shape index (κ3) is 7.95. The van der Waals surface area contributed by atoms with Crippen LogP contribution in [0.3, 0.4) is 0 Å². The molecule has 0 spiro atoms. The first kappa shape index (κ1) is 27.7. The maximum atomic E-state index is 13.6. The highest BCUT2D eigenvalue weighted by molar-refractivity contribution is 5.39. The lowest BCUT2D eigenvalue weighted by atomic mass is 9.71. The lowest BCUT2D eigenvalue weighted by Crippen LogP contribution is -2.60. The molecule has 0 fully saturated rings. The SMILES string of the molecule is CCCCCCCOc1ccc(CCC(N)(CCO)C(O)(CC)CC)cc1C(F)(F)F. The van der Waals surface area contributed by atoms with E-state index in [0.29, 0.717) is 18.4 Å². The van der Waals surface area contributed by atoms with E-state index in [1.807, 2.05) is 13.8 Å². The molecule has 1 aromatic carbocycles. The molecular formula is C24H40F3NO3. The lowest BCUT2D eigenvalue weighted by Gasteiger charge is -2.44. The van der Waals surface area contributed by atoms with Crippen LogP contribution in [0.4, 0.5) is 13.2 Å². The van der Waals surface area contributed by atoms with Crippen LogP contribution in [0.25, 0.3) is 0 Å². The van der Waals surface area contributed by atoms with Gasteiger partial charge in [0.2, 0.25) is 0 Å². The molecule has 0 aliphatic heterocycles. The number of rotatable bonds is 15. The van der Waals surface area contributed by atoms with Gasteiger partial charge in [-0.05, 0) is 56.2 Å². The highest BCUT2D eigenvalue weighted by Gasteiger charge is 2.44. The van der Waals surface area contributed by atoms with Gasteiger partial charge in [-0.1, -0.05) is 52.5 Å². The van der Waals surface area contributed by atoms with E-state index >= 15 is 0 Å². The zero-order chi connectivity index (χ0) is 23.5. The Bertz CT molecular complexity index is 647. The van der Waals surface area contributed by atoms with Crippen molar-refractivity contribution in [2.45, 2.75) is 102 Å². The van der Waals surface area contributed by atoms with Gasteiger partial charge in [-0.3, -0.25) is 0 Å². The topological polar surface area (TPSA) is 75.7 Å². The van der Waals surface area contributed by atoms with Crippen LogP contribution >= 0.6 is 0 Å². The van der Waals surface area contributed by atoms with Crippen LogP contribution < -0.4 is 10.5 Å². The Morgan fingerprint density at radius 3 is 2.16 bits per heavy atom. The number of benzene rings is 1. The van der Waals surface area contributed by atoms with E-state index in [2.05, 4.69) is 6.92 Å². The average molecular weight is 448 g/mol. The van der Waals surface area contributed by atoms with Crippen molar-refractivity contribution in [3.05, 3.63) is 29.3 Å². The molecule has 0 aliphatic rings. The van der Waals surface area contributed by atoms with Crippen LogP contribution in [0, 0.1) is 0 Å². The number of halogens is 3. The van der Waals surface area contributed by atoms with E-state index in [1.165, 1.54) is 6.07 Å². The van der Waals surface area contributed by atoms with Crippen LogP contribution in [0.2, 0.25) is 0 Å². The molecule has 0 radical (unpaired) electrons. The van der Waals surface area contributed by atoms with Gasteiger partial charge in [0.1, 0.15) is 5.75 Å². The summed E-state index contributed by atoms with van der Waals surface area (Å²) in [5, 5.41) is 20.4. The second-order valence-electron chi connectivity index (χ2n) is 8.46. The van der Waals surface area contributed by atoms with E-state index in [9.17, 15) is 23.4 Å². The monoisotopic (exact) mass is 447 g/mol. The van der Waals surface area contributed by atoms with Crippen molar-refractivity contribution in [1.29, 1.82) is 0 Å². The van der Waals surface area contributed by atoms with Gasteiger partial charge >= 0.3 is 6.18 Å². The molecule has 0 saturated carbocycles. The molecule has 0 amide bonds. The summed E-state index contributed by atoms with van der Waals surface area (Å²) in [5.41, 5.74) is 3.88. The van der Waals surface area contributed by atoms with Gasteiger partial charge in [0.25, 0.3) is 0 Å². The second-order valence-corrected chi connectivity index (χ2v) is 8.46. The molecule has 0 aliphatic carbocycles. The van der Waals surface area contributed by atoms with Crippen LogP contribution in [0.1, 0.15) is 89.7 Å². The fourth-order valence-corrected chi connectivity index (χ4v) is 4.08. The van der Waals surface area contributed by atoms with Crippen molar-refractivity contribution < 1.29 is 28.1 Å². The maximum absolute atomic E-state index is 13.6. The molecule has 1 aromatic rings. The number of aliphatic hydroxyl groups is 2. The smallest absolute Gasteiger partial charge is 0.419 e. The van der Waals surface area contributed by atoms with Crippen molar-refractivity contribution >= 4 is 0 Å². The highest BCUT2D eigenvalue weighted by Crippen LogP contribution is 2.38. The third-order valence-corrected chi connectivity index (χ3v) is 6.37. The molecule has 0 heterocycles. The zero-order valence-electron chi connectivity index (χ0n) is 19.2. The molecule has 180 valence electrons. The third-order valence-electron chi connectivity index (χ3n) is 6.37. The zero-order valence-corrected chi connectivity index (χ0v) is 19.2. The lowest BCUT2D eigenvalue weighted by molar-refractivity contribution is -0.139. The molecule has 1 unspecified atom stereocenters. The molecule has 1 rings (SSSR count). The Kier molecular flexibility index (Phi) is 11.3. The van der Waals surface area contributed by atoms with E-state index in [1.54, 1.807) is 6.07 Å². The molecule has 4 nitrogen and oxygen atoms in total. The maximum Gasteiger partial charge on any atom is 0.419 e. The fourth-order valence-electron chi connectivity index (χ4n) is 4.08. The van der Waals surface area contributed by atoms with Crippen molar-refractivity contribution in [3.8, 4) is 5.75 Å². The van der Waals surface area contributed by atoms with Gasteiger partial charge in [-0.25, -0.2) is 0 Å². The molecule has 0 aromatic heterocycles. The Labute approximate surface area is 185 Å². The van der Waals surface area contributed by atoms with E-state index in [-0.39, 0.29) is 38.2 Å². The van der Waals surface area contributed by atoms with E-state index in [0.717, 1.165) is 38.2 Å². The first-order valence-electron chi connectivity index (χ1n) is 11.5. The standard InChI is InChI=1S/C24H40F3NO3/c1-4-7-8-9-10-17-31-21-12-11-19(18-20(21)24(25,26)27)13-14-22(28,15-16-29)23(30,5-2)6-3/h11-12,18,29-30H,4-10,13-17,28H2,1-3H3. The number of aliphatic hydroxyl groups excluding tert-OH is 1. The minimum Gasteiger partial charge on any atom is -0.493 e. The van der Waals surface area contributed by atoms with Crippen LogP contribution in [-0.2, 0) is 12.6 Å². The first-order valence-corrected chi connectivity index (χ1v) is 11.5. The van der Waals surface area contributed by atoms with Gasteiger partial charge in [-0.15, -0.1) is 0 Å². The summed E-state index contributed by atoms with van der Waals surface area (Å²) in [5.74, 6) is -0.153. The van der Waals surface area contributed by atoms with Crippen LogP contribution in [0.15, 0.2) is 18.2 Å². The molecule has 4 N–H and O–H groups in total. The highest BCUT2D eigenvalue weighted by atomic mass is 19.4. The number of hydrogen-bond donors (Lipinski definition) is 3. The number of hydrogen-bond acceptors (Lipinski definition) is 4. The normalized spacial score (nSPS) is 14.5. The van der Waals surface area contributed by atoms with E-state index in [4.69, 9.17) is 10.5 Å². The predicted octanol–water partition coefficient (Wildman–Crippen LogP) is 5.62. The molecule has 0 saturated heterocycles. The first-order chi connectivity index (χ1) is 14.6. The summed E-state index contributed by atoms with van der Waals surface area (Å²) in [6.07, 6.45) is 1.93. The molecule has 0 bridgehead atoms. The molecular weight excluding hydrogens is 407 g/mol. The summed E-state index contributed by atoms with van der Waals surface area (Å²) in [6.45, 7) is 5.81. The second kappa shape index (κ2) is 12.7. The summed E-state index contributed by atoms with van der Waals surface area (Å²) < 4.78 is 46.3. The summed E-state index contributed by atoms with van der Waals surface area (Å²) >= 11 is 0. The number of unbranched alkanes of at least 4 members (excludes halogenated alkanes) is 4. The molecule has 7 heteroatoms. The Morgan fingerprint density at radius 1 is 0.968 bits per heavy atom. The largest absolute Gasteiger partial charge is 0.493 e. The summed E-state index contributed by atoms with van der Waals surface area (Å²) in [6, 6.07) is 4.11. The van der Waals surface area contributed by atoms with Gasteiger partial charge in [0.15, 0.2) is 0 Å². The quantitative estimate of drug-likeness (QED) is 0.305. The number of nitrogens with two attached hydrogens (primary N) is 1. The van der Waals surface area contributed by atoms with Gasteiger partial charge < -0.3 is 20.7 Å². The van der Waals surface area contributed by atoms with Gasteiger partial charge in [0, 0.05) is 12.1 Å². The Morgan fingerprint density at radius 2 is 1.61 bits per heavy atom. The number of ether oxygens (including phenoxy) is 1. The molecule has 31 heavy (non-hydrogen) atoms. The molecule has 1 atom stereocenters. The number of alkyl halides is 3.